The summed E-state index contributed by atoms with van der Waals surface area (Å²) in [5.41, 5.74) is 0. The molecule has 0 aromatic carbocycles. The highest BCUT2D eigenvalue weighted by Crippen LogP contribution is 2.25. The lowest BCUT2D eigenvalue weighted by atomic mass is 10.1. The maximum absolute atomic E-state index is 12.2. The molecule has 0 aliphatic carbocycles. The van der Waals surface area contributed by atoms with Crippen LogP contribution < -0.4 is 0 Å². The van der Waals surface area contributed by atoms with E-state index in [1.54, 1.807) is 16.9 Å². The molecule has 2 saturated heterocycles. The second kappa shape index (κ2) is 5.04. The van der Waals surface area contributed by atoms with E-state index in [1.165, 1.54) is 0 Å². The lowest BCUT2D eigenvalue weighted by Crippen LogP contribution is -2.59. The molecular formula is C12H20N2O3. The molecule has 2 atom stereocenters. The Kier molecular flexibility index (Phi) is 3.66. The summed E-state index contributed by atoms with van der Waals surface area (Å²) in [6.07, 6.45) is 2.54. The number of fused-ring (bicyclic) bond motifs is 1. The zero-order valence-corrected chi connectivity index (χ0v) is 10.5. The van der Waals surface area contributed by atoms with E-state index in [1.807, 2.05) is 6.92 Å². The molecule has 0 aromatic heterocycles. The van der Waals surface area contributed by atoms with Crippen LogP contribution in [0.25, 0.3) is 0 Å². The van der Waals surface area contributed by atoms with Gasteiger partial charge < -0.3 is 14.5 Å². The molecule has 0 radical (unpaired) electrons. The number of methoxy groups -OCH3 is 1. The molecule has 2 rings (SSSR count). The number of amides is 2. The van der Waals surface area contributed by atoms with Crippen molar-refractivity contribution in [2.75, 3.05) is 26.8 Å². The van der Waals surface area contributed by atoms with Gasteiger partial charge in [-0.3, -0.25) is 9.59 Å². The maximum Gasteiger partial charge on any atom is 0.246 e. The molecule has 0 aromatic rings. The number of hydrogen-bond acceptors (Lipinski definition) is 3. The van der Waals surface area contributed by atoms with Gasteiger partial charge in [-0.1, -0.05) is 0 Å². The number of piperazine rings is 1. The quantitative estimate of drug-likeness (QED) is 0.707. The van der Waals surface area contributed by atoms with Gasteiger partial charge in [0.2, 0.25) is 11.8 Å². The third-order valence-electron chi connectivity index (χ3n) is 3.72. The smallest absolute Gasteiger partial charge is 0.246 e. The summed E-state index contributed by atoms with van der Waals surface area (Å²) in [6.45, 7) is 3.58. The van der Waals surface area contributed by atoms with Crippen molar-refractivity contribution >= 4 is 11.8 Å². The van der Waals surface area contributed by atoms with Crippen LogP contribution in [0.1, 0.15) is 26.2 Å². The van der Waals surface area contributed by atoms with Crippen molar-refractivity contribution < 1.29 is 14.3 Å². The van der Waals surface area contributed by atoms with Crippen molar-refractivity contribution in [1.29, 1.82) is 0 Å². The van der Waals surface area contributed by atoms with Crippen molar-refractivity contribution in [2.24, 2.45) is 0 Å². The number of rotatable bonds is 4. The molecule has 96 valence electrons. The monoisotopic (exact) mass is 240 g/mol. The van der Waals surface area contributed by atoms with Crippen molar-refractivity contribution in [1.82, 2.24) is 9.80 Å². The Morgan fingerprint density at radius 2 is 2.24 bits per heavy atom. The van der Waals surface area contributed by atoms with Crippen molar-refractivity contribution in [3.8, 4) is 0 Å². The van der Waals surface area contributed by atoms with Gasteiger partial charge in [-0.2, -0.15) is 0 Å². The van der Waals surface area contributed by atoms with Gasteiger partial charge in [-0.05, 0) is 26.2 Å². The summed E-state index contributed by atoms with van der Waals surface area (Å²) in [7, 11) is 1.65. The van der Waals surface area contributed by atoms with Crippen LogP contribution in [0, 0.1) is 0 Å². The van der Waals surface area contributed by atoms with Crippen LogP contribution in [-0.4, -0.2) is 60.5 Å². The van der Waals surface area contributed by atoms with Gasteiger partial charge in [-0.15, -0.1) is 0 Å². The fourth-order valence-corrected chi connectivity index (χ4v) is 2.65. The first kappa shape index (κ1) is 12.4. The summed E-state index contributed by atoms with van der Waals surface area (Å²) in [5, 5.41) is 0. The third-order valence-corrected chi connectivity index (χ3v) is 3.72. The molecule has 5 heteroatoms. The van der Waals surface area contributed by atoms with Crippen LogP contribution in [0.15, 0.2) is 0 Å². The fraction of sp³-hybridized carbons (Fsp3) is 0.833. The molecule has 17 heavy (non-hydrogen) atoms. The molecule has 0 bridgehead atoms. The highest BCUT2D eigenvalue weighted by Gasteiger charge is 2.42. The molecular weight excluding hydrogens is 220 g/mol. The first-order chi connectivity index (χ1) is 8.15. The zero-order valence-electron chi connectivity index (χ0n) is 10.5. The Morgan fingerprint density at radius 3 is 2.94 bits per heavy atom. The summed E-state index contributed by atoms with van der Waals surface area (Å²) in [6, 6.07) is -0.115. The van der Waals surface area contributed by atoms with E-state index in [2.05, 4.69) is 0 Å². The van der Waals surface area contributed by atoms with E-state index in [0.29, 0.717) is 6.61 Å². The van der Waals surface area contributed by atoms with Crippen molar-refractivity contribution in [3.63, 3.8) is 0 Å². The summed E-state index contributed by atoms with van der Waals surface area (Å²) < 4.78 is 5.02. The zero-order chi connectivity index (χ0) is 12.4. The molecule has 0 N–H and O–H groups in total. The number of carbonyl (C=O) groups excluding carboxylic acids is 2. The Morgan fingerprint density at radius 1 is 1.47 bits per heavy atom. The molecule has 2 fully saturated rings. The first-order valence-corrected chi connectivity index (χ1v) is 6.24. The fourth-order valence-electron chi connectivity index (χ4n) is 2.65. The lowest BCUT2D eigenvalue weighted by molar-refractivity contribution is -0.155. The summed E-state index contributed by atoms with van der Waals surface area (Å²) in [5.74, 6) is 0.210. The van der Waals surface area contributed by atoms with E-state index < -0.39 is 0 Å². The van der Waals surface area contributed by atoms with Gasteiger partial charge in [0, 0.05) is 26.3 Å². The topological polar surface area (TPSA) is 49.9 Å². The summed E-state index contributed by atoms with van der Waals surface area (Å²) in [4.78, 5) is 27.6. The number of ether oxygens (including phenoxy) is 1. The van der Waals surface area contributed by atoms with Crippen LogP contribution in [0.4, 0.5) is 0 Å². The van der Waals surface area contributed by atoms with Gasteiger partial charge >= 0.3 is 0 Å². The van der Waals surface area contributed by atoms with Crippen molar-refractivity contribution in [2.45, 2.75) is 38.3 Å². The average Bonchev–Trinajstić information content (AvgIpc) is 2.80. The van der Waals surface area contributed by atoms with Crippen LogP contribution in [-0.2, 0) is 14.3 Å². The molecule has 2 aliphatic heterocycles. The first-order valence-electron chi connectivity index (χ1n) is 6.24. The summed E-state index contributed by atoms with van der Waals surface area (Å²) >= 11 is 0. The van der Waals surface area contributed by atoms with Gasteiger partial charge in [-0.25, -0.2) is 0 Å². The van der Waals surface area contributed by atoms with E-state index in [-0.39, 0.29) is 30.4 Å². The molecule has 2 aliphatic rings. The van der Waals surface area contributed by atoms with Crippen LogP contribution in [0.5, 0.6) is 0 Å². The Balaban J connectivity index is 2.03. The van der Waals surface area contributed by atoms with Gasteiger partial charge in [0.15, 0.2) is 0 Å². The van der Waals surface area contributed by atoms with Gasteiger partial charge in [0.25, 0.3) is 0 Å². The predicted molar refractivity (Wildman–Crippen MR) is 62.4 cm³/mol. The minimum atomic E-state index is -0.193. The molecule has 2 amide bonds. The molecule has 2 heterocycles. The highest BCUT2D eigenvalue weighted by atomic mass is 16.5. The molecule has 2 unspecified atom stereocenters. The normalized spacial score (nSPS) is 26.4. The SMILES string of the molecule is COCCC(C)N1CC(=O)N2CCCC2C1=O. The Labute approximate surface area is 102 Å². The van der Waals surface area contributed by atoms with Crippen LogP contribution >= 0.6 is 0 Å². The molecule has 0 spiro atoms. The van der Waals surface area contributed by atoms with Crippen molar-refractivity contribution in [3.05, 3.63) is 0 Å². The minimum absolute atomic E-state index is 0.0779. The average molecular weight is 240 g/mol. The highest BCUT2D eigenvalue weighted by molar-refractivity contribution is 5.95. The standard InChI is InChI=1S/C12H20N2O3/c1-9(5-7-17-2)14-8-11(15)13-6-3-4-10(13)12(14)16/h9-10H,3-8H2,1-2H3. The van der Waals surface area contributed by atoms with Crippen LogP contribution in [0.2, 0.25) is 0 Å². The van der Waals surface area contributed by atoms with E-state index in [9.17, 15) is 9.59 Å². The number of nitrogens with zero attached hydrogens (tertiary/aromatic N) is 2. The minimum Gasteiger partial charge on any atom is -0.385 e. The molecule has 0 saturated carbocycles. The second-order valence-electron chi connectivity index (χ2n) is 4.84. The largest absolute Gasteiger partial charge is 0.385 e. The van der Waals surface area contributed by atoms with E-state index >= 15 is 0 Å². The Hall–Kier alpha value is -1.10. The maximum atomic E-state index is 12.2. The number of carbonyl (C=O) groups is 2. The van der Waals surface area contributed by atoms with Gasteiger partial charge in [0.1, 0.15) is 12.6 Å². The lowest BCUT2D eigenvalue weighted by Gasteiger charge is -2.39. The van der Waals surface area contributed by atoms with E-state index in [0.717, 1.165) is 25.8 Å². The van der Waals surface area contributed by atoms with E-state index in [4.69, 9.17) is 4.74 Å². The predicted octanol–water partition coefficient (Wildman–Crippen LogP) is 0.245. The van der Waals surface area contributed by atoms with Gasteiger partial charge in [0.05, 0.1) is 0 Å². The van der Waals surface area contributed by atoms with Crippen LogP contribution in [0.3, 0.4) is 0 Å². The Bertz CT molecular complexity index is 319. The molecule has 5 nitrogen and oxygen atoms in total. The number of hydrogen-bond donors (Lipinski definition) is 0. The second-order valence-corrected chi connectivity index (χ2v) is 4.84. The third kappa shape index (κ3) is 2.29.